The van der Waals surface area contributed by atoms with Crippen LogP contribution in [0.3, 0.4) is 0 Å². The Kier molecular flexibility index (Phi) is 2.37. The molecule has 0 aliphatic carbocycles. The zero-order chi connectivity index (χ0) is 11.7. The first-order valence-electron chi connectivity index (χ1n) is 5.81. The molecule has 1 heteroatoms. The minimum atomic E-state index is 1.22. The van der Waals surface area contributed by atoms with Crippen LogP contribution in [-0.2, 0) is 0 Å². The maximum atomic E-state index is 2.24. The molecule has 82 valence electrons. The molecule has 1 aromatic carbocycles. The molecule has 2 aromatic heterocycles. The molecule has 0 aliphatic rings. The highest BCUT2D eigenvalue weighted by Crippen LogP contribution is 2.22. The fraction of sp³-hybridized carbons (Fsp3) is 0.0625. The van der Waals surface area contributed by atoms with Crippen molar-refractivity contribution in [3.8, 4) is 11.1 Å². The molecule has 0 radical (unpaired) electrons. The lowest BCUT2D eigenvalue weighted by Crippen LogP contribution is -2.20. The summed E-state index contributed by atoms with van der Waals surface area (Å²) in [4.78, 5) is 0. The lowest BCUT2D eigenvalue weighted by molar-refractivity contribution is -0.512. The predicted molar refractivity (Wildman–Crippen MR) is 69.8 cm³/mol. The van der Waals surface area contributed by atoms with E-state index in [1.54, 1.807) is 0 Å². The summed E-state index contributed by atoms with van der Waals surface area (Å²) in [5, 5.41) is 0. The van der Waals surface area contributed by atoms with E-state index >= 15 is 0 Å². The van der Waals surface area contributed by atoms with E-state index in [9.17, 15) is 0 Å². The van der Waals surface area contributed by atoms with Crippen molar-refractivity contribution in [2.75, 3.05) is 0 Å². The Labute approximate surface area is 101 Å². The Morgan fingerprint density at radius 3 is 2.47 bits per heavy atom. The molecule has 0 saturated carbocycles. The number of rotatable bonds is 1. The highest BCUT2D eigenvalue weighted by Gasteiger charge is 2.08. The summed E-state index contributed by atoms with van der Waals surface area (Å²) in [7, 11) is 0. The first kappa shape index (κ1) is 10.0. The highest BCUT2D eigenvalue weighted by atomic mass is 14.8. The normalized spacial score (nSPS) is 10.6. The molecular weight excluding hydrogens is 206 g/mol. The van der Waals surface area contributed by atoms with Gasteiger partial charge in [0.1, 0.15) is 0 Å². The van der Waals surface area contributed by atoms with E-state index in [0.29, 0.717) is 0 Å². The van der Waals surface area contributed by atoms with Gasteiger partial charge in [0, 0.05) is 23.8 Å². The number of hydrogen-bond acceptors (Lipinski definition) is 0. The minimum Gasteiger partial charge on any atom is -0.167 e. The monoisotopic (exact) mass is 220 g/mol. The molecule has 3 aromatic rings. The Bertz CT molecular complexity index is 657. The van der Waals surface area contributed by atoms with Gasteiger partial charge in [-0.25, -0.2) is 0 Å². The van der Waals surface area contributed by atoms with E-state index in [2.05, 4.69) is 78.3 Å². The van der Waals surface area contributed by atoms with Gasteiger partial charge in [-0.3, -0.25) is 0 Å². The maximum Gasteiger partial charge on any atom is 0.211 e. The summed E-state index contributed by atoms with van der Waals surface area (Å²) in [6.07, 6.45) is 4.26. The summed E-state index contributed by atoms with van der Waals surface area (Å²) in [5.41, 5.74) is 5.09. The number of fused-ring (bicyclic) bond motifs is 1. The number of aromatic nitrogens is 1. The number of aryl methyl sites for hydroxylation is 1. The predicted octanol–water partition coefficient (Wildman–Crippen LogP) is 3.40. The standard InChI is InChI=1S/C16H14N/c1-13-12-17-10-6-5-9-15(17)11-16(13)14-7-3-2-4-8-14/h2-12H,1H3/q+1. The van der Waals surface area contributed by atoms with Gasteiger partial charge in [-0.15, -0.1) is 0 Å². The Morgan fingerprint density at radius 1 is 0.882 bits per heavy atom. The van der Waals surface area contributed by atoms with Crippen molar-refractivity contribution in [2.45, 2.75) is 6.92 Å². The smallest absolute Gasteiger partial charge is 0.167 e. The van der Waals surface area contributed by atoms with E-state index in [4.69, 9.17) is 0 Å². The zero-order valence-corrected chi connectivity index (χ0v) is 9.80. The Balaban J connectivity index is 2.27. The second-order valence-corrected chi connectivity index (χ2v) is 4.27. The van der Waals surface area contributed by atoms with E-state index in [-0.39, 0.29) is 0 Å². The van der Waals surface area contributed by atoms with E-state index < -0.39 is 0 Å². The third-order valence-corrected chi connectivity index (χ3v) is 3.06. The number of hydrogen-bond donors (Lipinski definition) is 0. The molecule has 0 atom stereocenters. The average Bonchev–Trinajstić information content (AvgIpc) is 2.39. The second kappa shape index (κ2) is 4.02. The van der Waals surface area contributed by atoms with Gasteiger partial charge >= 0.3 is 0 Å². The molecule has 3 rings (SSSR count). The molecule has 0 spiro atoms. The summed E-state index contributed by atoms with van der Waals surface area (Å²) in [6.45, 7) is 2.15. The molecule has 0 bridgehead atoms. The highest BCUT2D eigenvalue weighted by molar-refractivity contribution is 5.69. The molecule has 0 aliphatic heterocycles. The van der Waals surface area contributed by atoms with Crippen molar-refractivity contribution in [2.24, 2.45) is 0 Å². The van der Waals surface area contributed by atoms with Crippen LogP contribution in [0.15, 0.2) is 67.0 Å². The van der Waals surface area contributed by atoms with Crippen LogP contribution in [0.5, 0.6) is 0 Å². The number of nitrogens with zero attached hydrogens (tertiary/aromatic N) is 1. The van der Waals surface area contributed by atoms with Crippen LogP contribution < -0.4 is 4.40 Å². The van der Waals surface area contributed by atoms with Crippen LogP contribution in [0, 0.1) is 6.92 Å². The topological polar surface area (TPSA) is 4.10 Å². The quantitative estimate of drug-likeness (QED) is 0.553. The van der Waals surface area contributed by atoms with Gasteiger partial charge in [0.25, 0.3) is 0 Å². The summed E-state index contributed by atoms with van der Waals surface area (Å²) in [6, 6.07) is 19.0. The van der Waals surface area contributed by atoms with Crippen molar-refractivity contribution in [3.63, 3.8) is 0 Å². The van der Waals surface area contributed by atoms with Crippen molar-refractivity contribution in [1.82, 2.24) is 0 Å². The first-order valence-corrected chi connectivity index (χ1v) is 5.81. The van der Waals surface area contributed by atoms with E-state index in [0.717, 1.165) is 0 Å². The van der Waals surface area contributed by atoms with Crippen LogP contribution in [0.4, 0.5) is 0 Å². The molecule has 2 heterocycles. The van der Waals surface area contributed by atoms with Crippen molar-refractivity contribution in [1.29, 1.82) is 0 Å². The molecule has 1 nitrogen and oxygen atoms in total. The largest absolute Gasteiger partial charge is 0.211 e. The number of pyridine rings is 2. The second-order valence-electron chi connectivity index (χ2n) is 4.27. The lowest BCUT2D eigenvalue weighted by Gasteiger charge is -2.04. The van der Waals surface area contributed by atoms with Gasteiger partial charge in [-0.2, -0.15) is 4.40 Å². The lowest BCUT2D eigenvalue weighted by atomic mass is 10.0. The molecule has 0 unspecified atom stereocenters. The van der Waals surface area contributed by atoms with Crippen molar-refractivity contribution in [3.05, 3.63) is 72.6 Å². The molecule has 0 N–H and O–H groups in total. The third-order valence-electron chi connectivity index (χ3n) is 3.06. The Hall–Kier alpha value is -2.15. The van der Waals surface area contributed by atoms with Crippen LogP contribution in [0.25, 0.3) is 16.6 Å². The minimum absolute atomic E-state index is 1.22. The van der Waals surface area contributed by atoms with Crippen molar-refractivity contribution >= 4 is 5.52 Å². The molecule has 0 saturated heterocycles. The van der Waals surface area contributed by atoms with Crippen LogP contribution in [0.1, 0.15) is 5.56 Å². The van der Waals surface area contributed by atoms with Crippen molar-refractivity contribution < 1.29 is 4.40 Å². The van der Waals surface area contributed by atoms with Gasteiger partial charge in [-0.05, 0) is 24.1 Å². The molecular formula is C16H14N+. The number of benzene rings is 1. The van der Waals surface area contributed by atoms with Gasteiger partial charge in [0.05, 0.1) is 0 Å². The third kappa shape index (κ3) is 1.80. The Morgan fingerprint density at radius 2 is 1.65 bits per heavy atom. The fourth-order valence-corrected chi connectivity index (χ4v) is 2.18. The van der Waals surface area contributed by atoms with Gasteiger partial charge in [0.15, 0.2) is 12.4 Å². The van der Waals surface area contributed by atoms with Gasteiger partial charge in [0.2, 0.25) is 5.52 Å². The first-order chi connectivity index (χ1) is 8.34. The van der Waals surface area contributed by atoms with Gasteiger partial charge in [-0.1, -0.05) is 30.3 Å². The molecule has 17 heavy (non-hydrogen) atoms. The van der Waals surface area contributed by atoms with E-state index in [1.165, 1.54) is 22.2 Å². The van der Waals surface area contributed by atoms with Crippen LogP contribution >= 0.6 is 0 Å². The average molecular weight is 220 g/mol. The summed E-state index contributed by atoms with van der Waals surface area (Å²) >= 11 is 0. The maximum absolute atomic E-state index is 2.24. The fourth-order valence-electron chi connectivity index (χ4n) is 2.18. The summed E-state index contributed by atoms with van der Waals surface area (Å²) < 4.78 is 2.15. The SMILES string of the molecule is Cc1c[n+]2ccccc2cc1-c1ccccc1. The molecule has 0 fully saturated rings. The van der Waals surface area contributed by atoms with Crippen LogP contribution in [0.2, 0.25) is 0 Å². The summed E-state index contributed by atoms with van der Waals surface area (Å²) in [5.74, 6) is 0. The van der Waals surface area contributed by atoms with E-state index in [1.807, 2.05) is 0 Å². The zero-order valence-electron chi connectivity index (χ0n) is 9.80. The molecule has 0 amide bonds. The van der Waals surface area contributed by atoms with Gasteiger partial charge < -0.3 is 0 Å². The van der Waals surface area contributed by atoms with Crippen LogP contribution in [-0.4, -0.2) is 0 Å².